The highest BCUT2D eigenvalue weighted by Crippen LogP contribution is 2.27. The summed E-state index contributed by atoms with van der Waals surface area (Å²) < 4.78 is 5.71. The van der Waals surface area contributed by atoms with E-state index >= 15 is 0 Å². The van der Waals surface area contributed by atoms with Crippen molar-refractivity contribution in [2.45, 2.75) is 70.0 Å². The molecule has 6 nitrogen and oxygen atoms in total. The molecule has 0 unspecified atom stereocenters. The van der Waals surface area contributed by atoms with E-state index in [0.717, 1.165) is 25.2 Å². The quantitative estimate of drug-likeness (QED) is 0.815. The second kappa shape index (κ2) is 8.99. The summed E-state index contributed by atoms with van der Waals surface area (Å²) in [5, 5.41) is 0. The monoisotopic (exact) mass is 351 g/mol. The molecule has 2 atom stereocenters. The lowest BCUT2D eigenvalue weighted by molar-refractivity contribution is -0.147. The largest absolute Gasteiger partial charge is 0.364 e. The third-order valence-electron chi connectivity index (χ3n) is 6.08. The van der Waals surface area contributed by atoms with Crippen LogP contribution in [-0.2, 0) is 14.3 Å². The fourth-order valence-corrected chi connectivity index (χ4v) is 4.40. The molecule has 0 aromatic rings. The first-order valence-electron chi connectivity index (χ1n) is 10.1. The average molecular weight is 351 g/mol. The molecule has 3 fully saturated rings. The van der Waals surface area contributed by atoms with E-state index < -0.39 is 0 Å². The molecule has 3 rings (SSSR count). The first kappa shape index (κ1) is 18.6. The van der Waals surface area contributed by atoms with Crippen LogP contribution in [0, 0.1) is 5.92 Å². The van der Waals surface area contributed by atoms with Gasteiger partial charge in [0.15, 0.2) is 0 Å². The van der Waals surface area contributed by atoms with Gasteiger partial charge in [-0.3, -0.25) is 9.59 Å². The second-order valence-electron chi connectivity index (χ2n) is 7.81. The molecule has 0 aromatic carbocycles. The van der Waals surface area contributed by atoms with Crippen molar-refractivity contribution in [1.29, 1.82) is 0 Å². The Balaban J connectivity index is 1.37. The van der Waals surface area contributed by atoms with Crippen LogP contribution in [0.5, 0.6) is 0 Å². The predicted molar refractivity (Wildman–Crippen MR) is 95.9 cm³/mol. The van der Waals surface area contributed by atoms with Gasteiger partial charge >= 0.3 is 0 Å². The lowest BCUT2D eigenvalue weighted by atomic mass is 9.86. The Morgan fingerprint density at radius 3 is 2.24 bits per heavy atom. The normalized spacial score (nSPS) is 28.4. The molecule has 2 amide bonds. The molecule has 3 aliphatic rings. The molecule has 25 heavy (non-hydrogen) atoms. The number of carbonyl (C=O) groups excluding carboxylic acids is 2. The van der Waals surface area contributed by atoms with Gasteiger partial charge in [0.1, 0.15) is 6.10 Å². The van der Waals surface area contributed by atoms with Crippen LogP contribution in [0.15, 0.2) is 0 Å². The fourth-order valence-electron chi connectivity index (χ4n) is 4.40. The average Bonchev–Trinajstić information content (AvgIpc) is 3.16. The summed E-state index contributed by atoms with van der Waals surface area (Å²) in [5.41, 5.74) is 5.61. The third-order valence-corrected chi connectivity index (χ3v) is 6.08. The summed E-state index contributed by atoms with van der Waals surface area (Å²) in [6.45, 7) is 3.04. The molecule has 6 heteroatoms. The molecule has 142 valence electrons. The number of amides is 2. The number of rotatable bonds is 5. The maximum absolute atomic E-state index is 12.5. The van der Waals surface area contributed by atoms with Crippen LogP contribution in [0.3, 0.4) is 0 Å². The molecule has 2 saturated heterocycles. The minimum absolute atomic E-state index is 0.0246. The minimum atomic E-state index is -0.331. The van der Waals surface area contributed by atoms with Gasteiger partial charge in [0.05, 0.1) is 6.10 Å². The van der Waals surface area contributed by atoms with Crippen molar-refractivity contribution in [3.63, 3.8) is 0 Å². The molecule has 1 aliphatic carbocycles. The van der Waals surface area contributed by atoms with Gasteiger partial charge in [-0.05, 0) is 25.2 Å². The summed E-state index contributed by atoms with van der Waals surface area (Å²) in [4.78, 5) is 28.8. The highest BCUT2D eigenvalue weighted by atomic mass is 16.5. The van der Waals surface area contributed by atoms with Gasteiger partial charge in [0, 0.05) is 39.1 Å². The summed E-state index contributed by atoms with van der Waals surface area (Å²) in [6.07, 6.45) is 9.63. The SMILES string of the molecule is NC[C@H]1CC[C@@H](C(=O)N2CCN(C(=O)CCC3CCCCC3)CC2)O1. The van der Waals surface area contributed by atoms with E-state index in [-0.39, 0.29) is 24.0 Å². The molecule has 2 heterocycles. The van der Waals surface area contributed by atoms with Gasteiger partial charge in [-0.15, -0.1) is 0 Å². The lowest BCUT2D eigenvalue weighted by Gasteiger charge is -2.36. The maximum atomic E-state index is 12.5. The van der Waals surface area contributed by atoms with E-state index in [1.807, 2.05) is 9.80 Å². The van der Waals surface area contributed by atoms with Crippen LogP contribution in [0.25, 0.3) is 0 Å². The lowest BCUT2D eigenvalue weighted by Crippen LogP contribution is -2.53. The summed E-state index contributed by atoms with van der Waals surface area (Å²) >= 11 is 0. The van der Waals surface area contributed by atoms with Crippen molar-refractivity contribution in [1.82, 2.24) is 9.80 Å². The minimum Gasteiger partial charge on any atom is -0.364 e. The molecule has 0 aromatic heterocycles. The van der Waals surface area contributed by atoms with E-state index in [4.69, 9.17) is 10.5 Å². The highest BCUT2D eigenvalue weighted by Gasteiger charge is 2.34. The number of ether oxygens (including phenoxy) is 1. The Bertz CT molecular complexity index is 457. The highest BCUT2D eigenvalue weighted by molar-refractivity contribution is 5.82. The molecule has 1 saturated carbocycles. The molecule has 0 bridgehead atoms. The standard InChI is InChI=1S/C19H33N3O3/c20-14-16-7-8-17(25-16)19(24)22-12-10-21(11-13-22)18(23)9-6-15-4-2-1-3-5-15/h15-17H,1-14,20H2/t16-,17+/m1/s1. The molecule has 2 aliphatic heterocycles. The van der Waals surface area contributed by atoms with E-state index in [2.05, 4.69) is 0 Å². The van der Waals surface area contributed by atoms with Crippen molar-refractivity contribution in [2.24, 2.45) is 11.7 Å². The van der Waals surface area contributed by atoms with Crippen LogP contribution >= 0.6 is 0 Å². The first-order chi connectivity index (χ1) is 12.2. The summed E-state index contributed by atoms with van der Waals surface area (Å²) in [5.74, 6) is 1.08. The fraction of sp³-hybridized carbons (Fsp3) is 0.895. The summed E-state index contributed by atoms with van der Waals surface area (Å²) in [6, 6.07) is 0. The van der Waals surface area contributed by atoms with Crippen molar-refractivity contribution in [3.8, 4) is 0 Å². The van der Waals surface area contributed by atoms with Gasteiger partial charge in [-0.1, -0.05) is 32.1 Å². The van der Waals surface area contributed by atoms with Gasteiger partial charge in [0.2, 0.25) is 5.91 Å². The number of hydrogen-bond acceptors (Lipinski definition) is 4. The van der Waals surface area contributed by atoms with Crippen molar-refractivity contribution < 1.29 is 14.3 Å². The number of hydrogen-bond donors (Lipinski definition) is 1. The zero-order valence-corrected chi connectivity index (χ0v) is 15.3. The Morgan fingerprint density at radius 1 is 0.920 bits per heavy atom. The second-order valence-corrected chi connectivity index (χ2v) is 7.81. The van der Waals surface area contributed by atoms with Gasteiger partial charge in [0.25, 0.3) is 5.91 Å². The van der Waals surface area contributed by atoms with E-state index in [0.29, 0.717) is 39.1 Å². The van der Waals surface area contributed by atoms with Crippen molar-refractivity contribution in [2.75, 3.05) is 32.7 Å². The number of nitrogens with two attached hydrogens (primary N) is 1. The third kappa shape index (κ3) is 4.94. The van der Waals surface area contributed by atoms with Crippen LogP contribution in [0.1, 0.15) is 57.8 Å². The Hall–Kier alpha value is -1.14. The van der Waals surface area contributed by atoms with Crippen molar-refractivity contribution in [3.05, 3.63) is 0 Å². The van der Waals surface area contributed by atoms with Crippen LogP contribution in [0.2, 0.25) is 0 Å². The number of piperazine rings is 1. The molecular formula is C19H33N3O3. The zero-order chi connectivity index (χ0) is 17.6. The van der Waals surface area contributed by atoms with Gasteiger partial charge in [-0.2, -0.15) is 0 Å². The molecular weight excluding hydrogens is 318 g/mol. The predicted octanol–water partition coefficient (Wildman–Crippen LogP) is 1.52. The van der Waals surface area contributed by atoms with E-state index in [1.54, 1.807) is 0 Å². The Morgan fingerprint density at radius 2 is 1.60 bits per heavy atom. The van der Waals surface area contributed by atoms with E-state index in [9.17, 15) is 9.59 Å². The maximum Gasteiger partial charge on any atom is 0.251 e. The Kier molecular flexibility index (Phi) is 6.70. The molecule has 0 spiro atoms. The Labute approximate surface area is 151 Å². The van der Waals surface area contributed by atoms with Crippen LogP contribution in [-0.4, -0.2) is 66.5 Å². The van der Waals surface area contributed by atoms with E-state index in [1.165, 1.54) is 32.1 Å². The smallest absolute Gasteiger partial charge is 0.251 e. The summed E-state index contributed by atoms with van der Waals surface area (Å²) in [7, 11) is 0. The molecule has 0 radical (unpaired) electrons. The number of nitrogens with zero attached hydrogens (tertiary/aromatic N) is 2. The van der Waals surface area contributed by atoms with Gasteiger partial charge < -0.3 is 20.3 Å². The molecule has 2 N–H and O–H groups in total. The van der Waals surface area contributed by atoms with Gasteiger partial charge in [-0.25, -0.2) is 0 Å². The first-order valence-corrected chi connectivity index (χ1v) is 10.1. The number of carbonyl (C=O) groups is 2. The zero-order valence-electron chi connectivity index (χ0n) is 15.3. The van der Waals surface area contributed by atoms with Crippen molar-refractivity contribution >= 4 is 11.8 Å². The van der Waals surface area contributed by atoms with Crippen LogP contribution in [0.4, 0.5) is 0 Å². The van der Waals surface area contributed by atoms with Crippen LogP contribution < -0.4 is 5.73 Å². The topological polar surface area (TPSA) is 75.9 Å².